The van der Waals surface area contributed by atoms with Gasteiger partial charge in [0.15, 0.2) is 0 Å². The van der Waals surface area contributed by atoms with Crippen LogP contribution in [0.25, 0.3) is 0 Å². The molecule has 3 nitrogen and oxygen atoms in total. The molecule has 0 aromatic rings. The minimum atomic E-state index is -0.787. The van der Waals surface area contributed by atoms with Gasteiger partial charge in [-0.05, 0) is 31.6 Å². The Morgan fingerprint density at radius 1 is 1.33 bits per heavy atom. The third-order valence-corrected chi connectivity index (χ3v) is 4.04. The van der Waals surface area contributed by atoms with Gasteiger partial charge in [-0.3, -0.25) is 0 Å². The van der Waals surface area contributed by atoms with E-state index in [0.717, 1.165) is 12.3 Å². The first-order chi connectivity index (χ1) is 8.69. The van der Waals surface area contributed by atoms with Gasteiger partial charge in [-0.2, -0.15) is 0 Å². The molecule has 2 N–H and O–H groups in total. The van der Waals surface area contributed by atoms with Crippen molar-refractivity contribution in [3.8, 4) is 0 Å². The second kappa shape index (κ2) is 8.30. The molecule has 1 atom stereocenters. The third kappa shape index (κ3) is 4.81. The molecule has 0 radical (unpaired) electrons. The molecule has 1 unspecified atom stereocenters. The van der Waals surface area contributed by atoms with E-state index in [2.05, 4.69) is 12.2 Å². The normalized spacial score (nSPS) is 19.8. The van der Waals surface area contributed by atoms with Gasteiger partial charge in [0.05, 0.1) is 0 Å². The van der Waals surface area contributed by atoms with E-state index in [1.807, 2.05) is 13.0 Å². The highest BCUT2D eigenvalue weighted by molar-refractivity contribution is 5.86. The molecule has 18 heavy (non-hydrogen) atoms. The number of carboxylic acids is 1. The Labute approximate surface area is 111 Å². The summed E-state index contributed by atoms with van der Waals surface area (Å²) in [6, 6.07) is 0.549. The van der Waals surface area contributed by atoms with Gasteiger partial charge in [0, 0.05) is 18.2 Å². The van der Waals surface area contributed by atoms with Crippen LogP contribution in [0.5, 0.6) is 0 Å². The van der Waals surface area contributed by atoms with E-state index in [-0.39, 0.29) is 0 Å². The van der Waals surface area contributed by atoms with Crippen molar-refractivity contribution in [3.63, 3.8) is 0 Å². The molecule has 1 fully saturated rings. The summed E-state index contributed by atoms with van der Waals surface area (Å²) in [4.78, 5) is 10.9. The Morgan fingerprint density at radius 2 is 2.00 bits per heavy atom. The molecule has 1 saturated carbocycles. The van der Waals surface area contributed by atoms with Crippen LogP contribution in [0.2, 0.25) is 0 Å². The summed E-state index contributed by atoms with van der Waals surface area (Å²) in [5, 5.41) is 12.5. The number of hydrogen-bond donors (Lipinski definition) is 2. The van der Waals surface area contributed by atoms with Crippen LogP contribution in [0.15, 0.2) is 11.6 Å². The van der Waals surface area contributed by atoms with Gasteiger partial charge in [-0.25, -0.2) is 4.79 Å². The molecule has 1 aliphatic rings. The van der Waals surface area contributed by atoms with Gasteiger partial charge >= 0.3 is 5.97 Å². The van der Waals surface area contributed by atoms with Crippen molar-refractivity contribution in [3.05, 3.63) is 11.6 Å². The molecule has 0 aliphatic heterocycles. The molecule has 0 saturated heterocycles. The molecule has 104 valence electrons. The summed E-state index contributed by atoms with van der Waals surface area (Å²) in [5.74, 6) is -0.00271. The Morgan fingerprint density at radius 3 is 2.50 bits per heavy atom. The summed E-state index contributed by atoms with van der Waals surface area (Å²) in [5.41, 5.74) is 0.515. The Hall–Kier alpha value is -0.830. The molecule has 1 rings (SSSR count). The quantitative estimate of drug-likeness (QED) is 0.684. The van der Waals surface area contributed by atoms with Crippen molar-refractivity contribution in [2.45, 2.75) is 64.8 Å². The fourth-order valence-electron chi connectivity index (χ4n) is 2.90. The maximum atomic E-state index is 10.9. The zero-order valence-corrected chi connectivity index (χ0v) is 11.7. The lowest BCUT2D eigenvalue weighted by atomic mass is 9.83. The second-order valence-corrected chi connectivity index (χ2v) is 5.21. The van der Waals surface area contributed by atoms with Gasteiger partial charge in [-0.15, -0.1) is 0 Å². The number of hydrogen-bond acceptors (Lipinski definition) is 2. The zero-order chi connectivity index (χ0) is 13.4. The first kappa shape index (κ1) is 15.2. The third-order valence-electron chi connectivity index (χ3n) is 4.04. The lowest BCUT2D eigenvalue weighted by Gasteiger charge is -2.30. The van der Waals surface area contributed by atoms with E-state index >= 15 is 0 Å². The number of rotatable bonds is 7. The molecule has 3 heteroatoms. The topological polar surface area (TPSA) is 49.3 Å². The average Bonchev–Trinajstić information content (AvgIpc) is 2.39. The van der Waals surface area contributed by atoms with Crippen LogP contribution in [-0.2, 0) is 4.79 Å². The standard InChI is InChI=1S/C15H27NO2/c1-3-12(15(17)18)10-11-16-14(4-2)13-8-6-5-7-9-13/h10,13-14,16H,3-9,11H2,1-2H3,(H,17,18)/b12-10-. The SMILES string of the molecule is CC/C(=C/CNC(CC)C1CCCCC1)C(=O)O. The van der Waals surface area contributed by atoms with Gasteiger partial charge in [0.25, 0.3) is 0 Å². The summed E-state index contributed by atoms with van der Waals surface area (Å²) >= 11 is 0. The van der Waals surface area contributed by atoms with Crippen LogP contribution in [0, 0.1) is 5.92 Å². The molecule has 0 spiro atoms. The van der Waals surface area contributed by atoms with Crippen molar-refractivity contribution in [2.75, 3.05) is 6.54 Å². The second-order valence-electron chi connectivity index (χ2n) is 5.21. The van der Waals surface area contributed by atoms with Gasteiger partial charge in [-0.1, -0.05) is 39.2 Å². The average molecular weight is 253 g/mol. The fourth-order valence-corrected chi connectivity index (χ4v) is 2.90. The fraction of sp³-hybridized carbons (Fsp3) is 0.800. The first-order valence-electron chi connectivity index (χ1n) is 7.34. The van der Waals surface area contributed by atoms with Gasteiger partial charge in [0.2, 0.25) is 0 Å². The molecule has 0 heterocycles. The van der Waals surface area contributed by atoms with E-state index in [1.54, 1.807) is 0 Å². The summed E-state index contributed by atoms with van der Waals surface area (Å²) < 4.78 is 0. The van der Waals surface area contributed by atoms with Crippen molar-refractivity contribution in [2.24, 2.45) is 5.92 Å². The largest absolute Gasteiger partial charge is 0.478 e. The minimum absolute atomic E-state index is 0.515. The highest BCUT2D eigenvalue weighted by Crippen LogP contribution is 2.27. The summed E-state index contributed by atoms with van der Waals surface area (Å²) in [6.45, 7) is 4.79. The summed E-state index contributed by atoms with van der Waals surface area (Å²) in [7, 11) is 0. The number of carbonyl (C=O) groups is 1. The van der Waals surface area contributed by atoms with E-state index in [0.29, 0.717) is 24.6 Å². The molecule has 0 aromatic heterocycles. The number of aliphatic carboxylic acids is 1. The van der Waals surface area contributed by atoms with Crippen LogP contribution in [0.3, 0.4) is 0 Å². The molecule has 0 aromatic carbocycles. The molecular formula is C15H27NO2. The molecule has 0 amide bonds. The molecular weight excluding hydrogens is 226 g/mol. The van der Waals surface area contributed by atoms with Crippen molar-refractivity contribution in [1.29, 1.82) is 0 Å². The predicted octanol–water partition coefficient (Wildman–Crippen LogP) is 3.36. The van der Waals surface area contributed by atoms with Crippen molar-refractivity contribution >= 4 is 5.97 Å². The lowest BCUT2D eigenvalue weighted by Crippen LogP contribution is -2.37. The zero-order valence-electron chi connectivity index (χ0n) is 11.7. The van der Waals surface area contributed by atoms with Gasteiger partial charge < -0.3 is 10.4 Å². The van der Waals surface area contributed by atoms with Crippen LogP contribution in [-0.4, -0.2) is 23.7 Å². The van der Waals surface area contributed by atoms with E-state index in [1.165, 1.54) is 32.1 Å². The highest BCUT2D eigenvalue weighted by Gasteiger charge is 2.21. The van der Waals surface area contributed by atoms with Gasteiger partial charge in [0.1, 0.15) is 0 Å². The Bertz CT molecular complexity index is 280. The number of carboxylic acid groups (broad SMARTS) is 1. The van der Waals surface area contributed by atoms with Crippen LogP contribution < -0.4 is 5.32 Å². The highest BCUT2D eigenvalue weighted by atomic mass is 16.4. The van der Waals surface area contributed by atoms with Crippen molar-refractivity contribution < 1.29 is 9.90 Å². The monoisotopic (exact) mass is 253 g/mol. The van der Waals surface area contributed by atoms with E-state index in [4.69, 9.17) is 5.11 Å². The minimum Gasteiger partial charge on any atom is -0.478 e. The molecule has 1 aliphatic carbocycles. The smallest absolute Gasteiger partial charge is 0.331 e. The molecule has 0 bridgehead atoms. The number of nitrogens with one attached hydrogen (secondary N) is 1. The van der Waals surface area contributed by atoms with Crippen LogP contribution in [0.4, 0.5) is 0 Å². The summed E-state index contributed by atoms with van der Waals surface area (Å²) in [6.07, 6.45) is 10.3. The van der Waals surface area contributed by atoms with Crippen LogP contribution >= 0.6 is 0 Å². The van der Waals surface area contributed by atoms with Crippen molar-refractivity contribution in [1.82, 2.24) is 5.32 Å². The maximum Gasteiger partial charge on any atom is 0.331 e. The maximum absolute atomic E-state index is 10.9. The Kier molecular flexibility index (Phi) is 7.02. The van der Waals surface area contributed by atoms with E-state index in [9.17, 15) is 4.79 Å². The first-order valence-corrected chi connectivity index (χ1v) is 7.34. The Balaban J connectivity index is 2.41. The van der Waals surface area contributed by atoms with Crippen LogP contribution in [0.1, 0.15) is 58.8 Å². The lowest BCUT2D eigenvalue weighted by molar-refractivity contribution is -0.132. The predicted molar refractivity (Wildman–Crippen MR) is 74.7 cm³/mol. The van der Waals surface area contributed by atoms with E-state index < -0.39 is 5.97 Å².